The average Bonchev–Trinajstić information content (AvgIpc) is 3.43. The van der Waals surface area contributed by atoms with E-state index in [1.54, 1.807) is 42.9 Å². The Balaban J connectivity index is 1.45. The number of Topliss-reactive ketones (excluding diaryl/α,β-unsaturated/α-hetero) is 1. The first kappa shape index (κ1) is 24.0. The number of fused-ring (bicyclic) bond motifs is 1. The van der Waals surface area contributed by atoms with Crippen LogP contribution >= 0.6 is 0 Å². The molecule has 0 N–H and O–H groups in total. The van der Waals surface area contributed by atoms with E-state index >= 15 is 0 Å². The Hall–Kier alpha value is -4.70. The molecule has 4 nitrogen and oxygen atoms in total. The minimum atomic E-state index is -4.54. The lowest BCUT2D eigenvalue weighted by Gasteiger charge is -2.13. The van der Waals surface area contributed by atoms with Gasteiger partial charge < -0.3 is 4.57 Å². The van der Waals surface area contributed by atoms with Gasteiger partial charge in [-0.2, -0.15) is 13.2 Å². The first-order valence-corrected chi connectivity index (χ1v) is 11.5. The van der Waals surface area contributed by atoms with Crippen LogP contribution in [0.2, 0.25) is 0 Å². The van der Waals surface area contributed by atoms with Crippen molar-refractivity contribution >= 4 is 16.6 Å². The lowest BCUT2D eigenvalue weighted by molar-refractivity contribution is -0.137. The van der Waals surface area contributed by atoms with Crippen LogP contribution in [-0.2, 0) is 12.6 Å². The molecular formula is C30H20F3N3O. The van der Waals surface area contributed by atoms with E-state index < -0.39 is 11.7 Å². The number of halogens is 3. The van der Waals surface area contributed by atoms with Crippen molar-refractivity contribution in [3.05, 3.63) is 125 Å². The van der Waals surface area contributed by atoms with E-state index in [0.717, 1.165) is 34.0 Å². The fourth-order valence-corrected chi connectivity index (χ4v) is 4.07. The van der Waals surface area contributed by atoms with Crippen molar-refractivity contribution in [1.82, 2.24) is 14.5 Å². The summed E-state index contributed by atoms with van der Waals surface area (Å²) in [5, 5.41) is 1.96. The summed E-state index contributed by atoms with van der Waals surface area (Å²) < 4.78 is 42.1. The third-order valence-corrected chi connectivity index (χ3v) is 6.03. The van der Waals surface area contributed by atoms with Crippen LogP contribution in [0.1, 0.15) is 38.2 Å². The first-order chi connectivity index (χ1) is 17.8. The van der Waals surface area contributed by atoms with E-state index in [4.69, 9.17) is 0 Å². The van der Waals surface area contributed by atoms with Crippen LogP contribution in [0.25, 0.3) is 16.5 Å². The number of carbonyl (C=O) groups is 1. The van der Waals surface area contributed by atoms with Gasteiger partial charge in [0.2, 0.25) is 0 Å². The van der Waals surface area contributed by atoms with Crippen LogP contribution in [0.5, 0.6) is 0 Å². The van der Waals surface area contributed by atoms with Crippen molar-refractivity contribution in [1.29, 1.82) is 0 Å². The van der Waals surface area contributed by atoms with E-state index in [-0.39, 0.29) is 23.5 Å². The van der Waals surface area contributed by atoms with Gasteiger partial charge in [0.25, 0.3) is 0 Å². The Labute approximate surface area is 211 Å². The Morgan fingerprint density at radius 1 is 0.946 bits per heavy atom. The monoisotopic (exact) mass is 495 g/mol. The van der Waals surface area contributed by atoms with E-state index in [1.165, 1.54) is 17.1 Å². The third kappa shape index (κ3) is 5.29. The number of hydrogen-bond donors (Lipinski definition) is 0. The highest BCUT2D eigenvalue weighted by molar-refractivity contribution is 5.98. The van der Waals surface area contributed by atoms with Crippen LogP contribution in [-0.4, -0.2) is 20.3 Å². The second-order valence-corrected chi connectivity index (χ2v) is 8.64. The van der Waals surface area contributed by atoms with Crippen LogP contribution < -0.4 is 0 Å². The number of aromatic nitrogens is 3. The minimum absolute atomic E-state index is 0.186. The van der Waals surface area contributed by atoms with Gasteiger partial charge in [0.1, 0.15) is 0 Å². The number of alkyl halides is 3. The zero-order valence-corrected chi connectivity index (χ0v) is 19.8. The van der Waals surface area contributed by atoms with E-state index in [0.29, 0.717) is 11.1 Å². The summed E-state index contributed by atoms with van der Waals surface area (Å²) in [6.07, 6.45) is 3.19. The number of ketones is 1. The van der Waals surface area contributed by atoms with Crippen molar-refractivity contribution in [2.24, 2.45) is 0 Å². The molecule has 37 heavy (non-hydrogen) atoms. The summed E-state index contributed by atoms with van der Waals surface area (Å²) in [6, 6.07) is 16.6. The van der Waals surface area contributed by atoms with Gasteiger partial charge in [-0.3, -0.25) is 9.78 Å². The topological polar surface area (TPSA) is 47.8 Å². The molecule has 0 unspecified atom stereocenters. The molecule has 0 aliphatic carbocycles. The fraction of sp³-hybridized carbons (Fsp3) is 0.100. The van der Waals surface area contributed by atoms with Gasteiger partial charge in [-0.25, -0.2) is 4.98 Å². The molecule has 0 saturated carbocycles. The van der Waals surface area contributed by atoms with Gasteiger partial charge in [0.15, 0.2) is 5.78 Å². The molecule has 5 aromatic rings. The van der Waals surface area contributed by atoms with E-state index in [2.05, 4.69) is 21.8 Å². The molecule has 0 atom stereocenters. The summed E-state index contributed by atoms with van der Waals surface area (Å²) in [4.78, 5) is 21.3. The molecule has 0 amide bonds. The molecule has 0 saturated heterocycles. The molecule has 0 bridgehead atoms. The van der Waals surface area contributed by atoms with Crippen molar-refractivity contribution in [2.75, 3.05) is 0 Å². The Bertz CT molecular complexity index is 1670. The van der Waals surface area contributed by atoms with Gasteiger partial charge in [-0.15, -0.1) is 0 Å². The molecule has 182 valence electrons. The van der Waals surface area contributed by atoms with Gasteiger partial charge in [0, 0.05) is 58.8 Å². The molecule has 0 spiro atoms. The molecule has 0 aliphatic heterocycles. The quantitative estimate of drug-likeness (QED) is 0.209. The van der Waals surface area contributed by atoms with Crippen molar-refractivity contribution in [3.8, 4) is 17.5 Å². The molecule has 0 fully saturated rings. The SMILES string of the molecule is Cc1ccc(C(=O)Cc2cc(-n3ccnc3)cc(C(F)(F)F)c2)cc1C#Cc1cncc2ccccc12. The number of benzene rings is 3. The standard InChI is InChI=1S/C30H20F3N3O/c1-20-6-7-23(15-22(20)8-9-25-18-35-17-24-4-2-3-5-28(24)25)29(37)14-21-12-26(30(31,32)33)16-27(13-21)36-11-10-34-19-36/h2-7,10-13,15-19H,14H2,1H3. The predicted molar refractivity (Wildman–Crippen MR) is 136 cm³/mol. The van der Waals surface area contributed by atoms with E-state index in [9.17, 15) is 18.0 Å². The maximum absolute atomic E-state index is 13.5. The zero-order valence-electron chi connectivity index (χ0n) is 19.8. The summed E-state index contributed by atoms with van der Waals surface area (Å²) in [5.74, 6) is 5.99. The van der Waals surface area contributed by atoms with Crippen LogP contribution in [0.15, 0.2) is 91.8 Å². The van der Waals surface area contributed by atoms with Gasteiger partial charge in [-0.05, 0) is 42.3 Å². The summed E-state index contributed by atoms with van der Waals surface area (Å²) in [7, 11) is 0. The third-order valence-electron chi connectivity index (χ3n) is 6.03. The Kier molecular flexibility index (Phi) is 6.33. The molecule has 0 radical (unpaired) electrons. The second-order valence-electron chi connectivity index (χ2n) is 8.64. The highest BCUT2D eigenvalue weighted by Crippen LogP contribution is 2.32. The number of hydrogen-bond acceptors (Lipinski definition) is 3. The molecular weight excluding hydrogens is 475 g/mol. The highest BCUT2D eigenvalue weighted by Gasteiger charge is 2.31. The number of imidazole rings is 1. The molecule has 2 heterocycles. The molecule has 7 heteroatoms. The highest BCUT2D eigenvalue weighted by atomic mass is 19.4. The summed E-state index contributed by atoms with van der Waals surface area (Å²) in [5.41, 5.74) is 2.44. The minimum Gasteiger partial charge on any atom is -0.306 e. The normalized spacial score (nSPS) is 11.2. The maximum Gasteiger partial charge on any atom is 0.416 e. The molecule has 0 aliphatic rings. The van der Waals surface area contributed by atoms with Crippen molar-refractivity contribution < 1.29 is 18.0 Å². The number of pyridine rings is 1. The molecule has 5 rings (SSSR count). The lowest BCUT2D eigenvalue weighted by Crippen LogP contribution is -2.10. The van der Waals surface area contributed by atoms with Crippen molar-refractivity contribution in [3.63, 3.8) is 0 Å². The predicted octanol–water partition coefficient (Wildman–Crippen LogP) is 6.57. The number of carbonyl (C=O) groups excluding carboxylic acids is 1. The maximum atomic E-state index is 13.5. The second kappa shape index (κ2) is 9.75. The largest absolute Gasteiger partial charge is 0.416 e. The average molecular weight is 496 g/mol. The van der Waals surface area contributed by atoms with Gasteiger partial charge >= 0.3 is 6.18 Å². The van der Waals surface area contributed by atoms with E-state index in [1.807, 2.05) is 31.2 Å². The number of aryl methyl sites for hydroxylation is 1. The Morgan fingerprint density at radius 3 is 2.54 bits per heavy atom. The summed E-state index contributed by atoms with van der Waals surface area (Å²) in [6.45, 7) is 1.89. The van der Waals surface area contributed by atoms with Gasteiger partial charge in [0.05, 0.1) is 17.5 Å². The van der Waals surface area contributed by atoms with Crippen molar-refractivity contribution in [2.45, 2.75) is 19.5 Å². The fourth-order valence-electron chi connectivity index (χ4n) is 4.07. The number of nitrogens with zero attached hydrogens (tertiary/aromatic N) is 3. The smallest absolute Gasteiger partial charge is 0.306 e. The Morgan fingerprint density at radius 2 is 1.76 bits per heavy atom. The number of rotatable bonds is 4. The van der Waals surface area contributed by atoms with Crippen LogP contribution in [0, 0.1) is 18.8 Å². The van der Waals surface area contributed by atoms with Gasteiger partial charge in [-0.1, -0.05) is 48.2 Å². The lowest BCUT2D eigenvalue weighted by atomic mass is 9.97. The molecule has 3 aromatic carbocycles. The van der Waals surface area contributed by atoms with Crippen LogP contribution in [0.4, 0.5) is 13.2 Å². The summed E-state index contributed by atoms with van der Waals surface area (Å²) >= 11 is 0. The molecule has 2 aromatic heterocycles. The zero-order chi connectivity index (χ0) is 26.0. The van der Waals surface area contributed by atoms with Crippen LogP contribution in [0.3, 0.4) is 0 Å². The first-order valence-electron chi connectivity index (χ1n) is 11.5.